The lowest BCUT2D eigenvalue weighted by molar-refractivity contribution is -0.111. The Bertz CT molecular complexity index is 1000. The molecule has 0 aliphatic rings. The average Bonchev–Trinajstić information content (AvgIpc) is 2.82. The van der Waals surface area contributed by atoms with E-state index in [1.165, 1.54) is 6.08 Å². The normalized spacial score (nSPS) is 10.5. The molecule has 0 fully saturated rings. The fraction of sp³-hybridized carbons (Fsp3) is 0.160. The first-order valence-corrected chi connectivity index (χ1v) is 9.80. The molecule has 3 aromatic rings. The van der Waals surface area contributed by atoms with E-state index in [1.54, 1.807) is 56.7 Å². The number of nitrogens with one attached hydrogen (secondary N) is 1. The Hall–Kier alpha value is -3.93. The lowest BCUT2D eigenvalue weighted by atomic mass is 10.2. The van der Waals surface area contributed by atoms with Crippen LogP contribution in [0.15, 0.2) is 78.9 Å². The van der Waals surface area contributed by atoms with E-state index in [0.29, 0.717) is 36.1 Å². The van der Waals surface area contributed by atoms with Crippen molar-refractivity contribution in [2.45, 2.75) is 0 Å². The average molecular weight is 419 g/mol. The lowest BCUT2D eigenvalue weighted by Crippen LogP contribution is -2.09. The molecule has 3 aromatic carbocycles. The molecule has 3 rings (SSSR count). The highest BCUT2D eigenvalue weighted by atomic mass is 16.5. The molecule has 0 atom stereocenters. The summed E-state index contributed by atoms with van der Waals surface area (Å²) >= 11 is 0. The van der Waals surface area contributed by atoms with Gasteiger partial charge in [-0.3, -0.25) is 4.79 Å². The molecule has 0 spiro atoms. The van der Waals surface area contributed by atoms with Crippen LogP contribution in [0, 0.1) is 0 Å². The quantitative estimate of drug-likeness (QED) is 0.377. The van der Waals surface area contributed by atoms with Gasteiger partial charge in [-0.2, -0.15) is 0 Å². The molecule has 1 amide bonds. The van der Waals surface area contributed by atoms with E-state index in [-0.39, 0.29) is 5.91 Å². The molecule has 0 heterocycles. The number of carbonyl (C=O) groups excluding carboxylic acids is 1. The van der Waals surface area contributed by atoms with Crippen molar-refractivity contribution in [1.29, 1.82) is 0 Å². The van der Waals surface area contributed by atoms with E-state index in [2.05, 4.69) is 5.32 Å². The second kappa shape index (κ2) is 11.3. The third kappa shape index (κ3) is 6.82. The van der Waals surface area contributed by atoms with Crippen LogP contribution < -0.4 is 24.3 Å². The monoisotopic (exact) mass is 419 g/mol. The Kier molecular flexibility index (Phi) is 7.94. The van der Waals surface area contributed by atoms with Crippen LogP contribution in [0.5, 0.6) is 23.0 Å². The minimum atomic E-state index is -0.236. The Morgan fingerprint density at radius 2 is 1.45 bits per heavy atom. The van der Waals surface area contributed by atoms with Gasteiger partial charge in [0.25, 0.3) is 0 Å². The summed E-state index contributed by atoms with van der Waals surface area (Å²) in [5.74, 6) is 2.52. The van der Waals surface area contributed by atoms with Crippen LogP contribution >= 0.6 is 0 Å². The highest BCUT2D eigenvalue weighted by Gasteiger charge is 2.04. The van der Waals surface area contributed by atoms with Gasteiger partial charge >= 0.3 is 0 Å². The molecule has 0 bridgehead atoms. The minimum absolute atomic E-state index is 0.236. The number of anilines is 1. The zero-order chi connectivity index (χ0) is 21.9. The third-order valence-electron chi connectivity index (χ3n) is 4.32. The summed E-state index contributed by atoms with van der Waals surface area (Å²) in [4.78, 5) is 12.2. The number of carbonyl (C=O) groups is 1. The maximum atomic E-state index is 12.2. The summed E-state index contributed by atoms with van der Waals surface area (Å²) < 4.78 is 21.7. The number of hydrogen-bond donors (Lipinski definition) is 1. The van der Waals surface area contributed by atoms with Gasteiger partial charge in [0, 0.05) is 11.8 Å². The molecule has 0 aliphatic carbocycles. The van der Waals surface area contributed by atoms with Crippen LogP contribution in [0.4, 0.5) is 5.69 Å². The van der Waals surface area contributed by atoms with Gasteiger partial charge in [-0.05, 0) is 60.2 Å². The predicted molar refractivity (Wildman–Crippen MR) is 121 cm³/mol. The predicted octanol–water partition coefficient (Wildman–Crippen LogP) is 4.81. The number of methoxy groups -OCH3 is 2. The van der Waals surface area contributed by atoms with Crippen molar-refractivity contribution in [1.82, 2.24) is 0 Å². The van der Waals surface area contributed by atoms with Crippen LogP contribution in [0.2, 0.25) is 0 Å². The van der Waals surface area contributed by atoms with Crippen LogP contribution in [-0.4, -0.2) is 33.3 Å². The third-order valence-corrected chi connectivity index (χ3v) is 4.32. The second-order valence-corrected chi connectivity index (χ2v) is 6.47. The van der Waals surface area contributed by atoms with Crippen molar-refractivity contribution in [2.75, 3.05) is 32.8 Å². The minimum Gasteiger partial charge on any atom is -0.493 e. The summed E-state index contributed by atoms with van der Waals surface area (Å²) in [6.07, 6.45) is 3.17. The summed E-state index contributed by atoms with van der Waals surface area (Å²) in [5.41, 5.74) is 1.50. The number of rotatable bonds is 10. The SMILES string of the molecule is COc1ccc(/C=C/C(=O)Nc2ccc(OCCOc3ccccc3)cc2)cc1OC. The maximum Gasteiger partial charge on any atom is 0.248 e. The molecule has 0 unspecified atom stereocenters. The van der Waals surface area contributed by atoms with Gasteiger partial charge in [-0.1, -0.05) is 24.3 Å². The Morgan fingerprint density at radius 1 is 0.806 bits per heavy atom. The van der Waals surface area contributed by atoms with Gasteiger partial charge in [0.15, 0.2) is 11.5 Å². The van der Waals surface area contributed by atoms with Gasteiger partial charge in [-0.15, -0.1) is 0 Å². The number of ether oxygens (including phenoxy) is 4. The fourth-order valence-electron chi connectivity index (χ4n) is 2.78. The van der Waals surface area contributed by atoms with Crippen LogP contribution in [-0.2, 0) is 4.79 Å². The molecule has 0 aromatic heterocycles. The van der Waals surface area contributed by atoms with Crippen LogP contribution in [0.3, 0.4) is 0 Å². The molecule has 6 nitrogen and oxygen atoms in total. The van der Waals surface area contributed by atoms with Crippen molar-refractivity contribution < 1.29 is 23.7 Å². The van der Waals surface area contributed by atoms with Gasteiger partial charge in [-0.25, -0.2) is 0 Å². The molecule has 0 saturated carbocycles. The summed E-state index contributed by atoms with van der Waals surface area (Å²) in [6, 6.07) is 22.2. The molecule has 31 heavy (non-hydrogen) atoms. The topological polar surface area (TPSA) is 66.0 Å². The zero-order valence-corrected chi connectivity index (χ0v) is 17.5. The molecular weight excluding hydrogens is 394 g/mol. The first-order chi connectivity index (χ1) is 15.2. The first kappa shape index (κ1) is 21.8. The van der Waals surface area contributed by atoms with E-state index in [4.69, 9.17) is 18.9 Å². The van der Waals surface area contributed by atoms with E-state index < -0.39 is 0 Å². The van der Waals surface area contributed by atoms with E-state index in [1.807, 2.05) is 36.4 Å². The van der Waals surface area contributed by atoms with E-state index >= 15 is 0 Å². The van der Waals surface area contributed by atoms with E-state index in [9.17, 15) is 4.79 Å². The van der Waals surface area contributed by atoms with Gasteiger partial charge in [0.1, 0.15) is 24.7 Å². The Morgan fingerprint density at radius 3 is 2.10 bits per heavy atom. The van der Waals surface area contributed by atoms with Crippen molar-refractivity contribution >= 4 is 17.7 Å². The Balaban J connectivity index is 1.45. The van der Waals surface area contributed by atoms with Crippen LogP contribution in [0.1, 0.15) is 5.56 Å². The molecule has 1 N–H and O–H groups in total. The number of benzene rings is 3. The molecule has 6 heteroatoms. The molecule has 0 aliphatic heterocycles. The number of hydrogen-bond acceptors (Lipinski definition) is 5. The standard InChI is InChI=1S/C25H25NO5/c1-28-23-14-8-19(18-24(23)29-2)9-15-25(27)26-20-10-12-22(13-11-20)31-17-16-30-21-6-4-3-5-7-21/h3-15,18H,16-17H2,1-2H3,(H,26,27)/b15-9+. The maximum absolute atomic E-state index is 12.2. The summed E-state index contributed by atoms with van der Waals surface area (Å²) in [6.45, 7) is 0.873. The zero-order valence-electron chi connectivity index (χ0n) is 17.5. The lowest BCUT2D eigenvalue weighted by Gasteiger charge is -2.09. The first-order valence-electron chi connectivity index (χ1n) is 9.80. The smallest absolute Gasteiger partial charge is 0.248 e. The fourth-order valence-corrected chi connectivity index (χ4v) is 2.78. The Labute approximate surface area is 182 Å². The van der Waals surface area contributed by atoms with Crippen LogP contribution in [0.25, 0.3) is 6.08 Å². The molecule has 0 radical (unpaired) electrons. The second-order valence-electron chi connectivity index (χ2n) is 6.47. The largest absolute Gasteiger partial charge is 0.493 e. The molecular formula is C25H25NO5. The molecule has 0 saturated heterocycles. The summed E-state index contributed by atoms with van der Waals surface area (Å²) in [7, 11) is 3.15. The van der Waals surface area contributed by atoms with Crippen molar-refractivity contribution in [3.05, 3.63) is 84.4 Å². The van der Waals surface area contributed by atoms with E-state index in [0.717, 1.165) is 11.3 Å². The van der Waals surface area contributed by atoms with Gasteiger partial charge in [0.2, 0.25) is 5.91 Å². The molecule has 160 valence electrons. The van der Waals surface area contributed by atoms with Gasteiger partial charge < -0.3 is 24.3 Å². The van der Waals surface area contributed by atoms with Crippen molar-refractivity contribution in [3.63, 3.8) is 0 Å². The number of amides is 1. The van der Waals surface area contributed by atoms with Crippen molar-refractivity contribution in [2.24, 2.45) is 0 Å². The summed E-state index contributed by atoms with van der Waals surface area (Å²) in [5, 5.41) is 2.82. The van der Waals surface area contributed by atoms with Gasteiger partial charge in [0.05, 0.1) is 14.2 Å². The highest BCUT2D eigenvalue weighted by molar-refractivity contribution is 6.01. The highest BCUT2D eigenvalue weighted by Crippen LogP contribution is 2.28. The van der Waals surface area contributed by atoms with Crippen molar-refractivity contribution in [3.8, 4) is 23.0 Å². The number of para-hydroxylation sites is 1.